The van der Waals surface area contributed by atoms with Crippen molar-refractivity contribution < 1.29 is 14.8 Å². The third-order valence-corrected chi connectivity index (χ3v) is 4.65. The van der Waals surface area contributed by atoms with Crippen molar-refractivity contribution in [3.8, 4) is 0 Å². The fourth-order valence-corrected chi connectivity index (χ4v) is 3.74. The summed E-state index contributed by atoms with van der Waals surface area (Å²) in [4.78, 5) is 26.1. The molecule has 0 saturated heterocycles. The van der Waals surface area contributed by atoms with E-state index >= 15 is 0 Å². The van der Waals surface area contributed by atoms with Crippen molar-refractivity contribution in [1.82, 2.24) is 4.98 Å². The highest BCUT2D eigenvalue weighted by atomic mass is 32.2. The second-order valence-corrected chi connectivity index (χ2v) is 7.02. The lowest BCUT2D eigenvalue weighted by molar-refractivity contribution is -0.387. The molecule has 1 atom stereocenters. The van der Waals surface area contributed by atoms with E-state index in [0.29, 0.717) is 10.4 Å². The summed E-state index contributed by atoms with van der Waals surface area (Å²) in [7, 11) is 0. The fourth-order valence-electron chi connectivity index (χ4n) is 1.80. The van der Waals surface area contributed by atoms with Crippen molar-refractivity contribution in [3.63, 3.8) is 0 Å². The standard InChI is InChI=1S/C12H12N2O4S2/c1-6(3-12(15)16)19-11-4-8-10(20-7(2)13-8)5-9(11)14(17)18/h4-6H,3H2,1-2H3,(H,15,16). The van der Waals surface area contributed by atoms with Gasteiger partial charge in [-0.1, -0.05) is 6.92 Å². The van der Waals surface area contributed by atoms with Crippen LogP contribution in [-0.4, -0.2) is 26.2 Å². The van der Waals surface area contributed by atoms with Crippen LogP contribution in [0.5, 0.6) is 0 Å². The Balaban J connectivity index is 2.41. The Kier molecular flexibility index (Phi) is 4.24. The van der Waals surface area contributed by atoms with Gasteiger partial charge >= 0.3 is 5.97 Å². The van der Waals surface area contributed by atoms with E-state index in [0.717, 1.165) is 9.71 Å². The summed E-state index contributed by atoms with van der Waals surface area (Å²) in [6, 6.07) is 3.18. The summed E-state index contributed by atoms with van der Waals surface area (Å²) >= 11 is 2.60. The summed E-state index contributed by atoms with van der Waals surface area (Å²) in [6.07, 6.45) is -0.0457. The molecular weight excluding hydrogens is 300 g/mol. The number of carboxylic acid groups (broad SMARTS) is 1. The molecule has 1 aromatic carbocycles. The average Bonchev–Trinajstić information content (AvgIpc) is 2.65. The van der Waals surface area contributed by atoms with Crippen molar-refractivity contribution in [2.24, 2.45) is 0 Å². The van der Waals surface area contributed by atoms with Gasteiger partial charge in [-0.3, -0.25) is 14.9 Å². The third-order valence-electron chi connectivity index (χ3n) is 2.56. The Morgan fingerprint density at radius 3 is 2.90 bits per heavy atom. The summed E-state index contributed by atoms with van der Waals surface area (Å²) in [5.41, 5.74) is 0.714. The minimum atomic E-state index is -0.918. The van der Waals surface area contributed by atoms with Gasteiger partial charge in [0.1, 0.15) is 0 Å². The van der Waals surface area contributed by atoms with Crippen molar-refractivity contribution >= 4 is 45.0 Å². The predicted octanol–water partition coefficient (Wildman–Crippen LogP) is 3.47. The molecule has 106 valence electrons. The molecule has 2 rings (SSSR count). The van der Waals surface area contributed by atoms with E-state index in [4.69, 9.17) is 5.11 Å². The van der Waals surface area contributed by atoms with Gasteiger partial charge in [-0.25, -0.2) is 4.98 Å². The number of benzene rings is 1. The Labute approximate surface area is 123 Å². The maximum Gasteiger partial charge on any atom is 0.304 e. The largest absolute Gasteiger partial charge is 0.481 e. The van der Waals surface area contributed by atoms with E-state index in [1.165, 1.54) is 29.2 Å². The Hall–Kier alpha value is -1.67. The monoisotopic (exact) mass is 312 g/mol. The van der Waals surface area contributed by atoms with Gasteiger partial charge in [-0.15, -0.1) is 23.1 Å². The van der Waals surface area contributed by atoms with Crippen molar-refractivity contribution in [2.45, 2.75) is 30.4 Å². The number of nitrogens with zero attached hydrogens (tertiary/aromatic N) is 2. The molecule has 0 fully saturated rings. The predicted molar refractivity (Wildman–Crippen MR) is 78.6 cm³/mol. The van der Waals surface area contributed by atoms with Crippen LogP contribution in [-0.2, 0) is 4.79 Å². The number of nitro benzene ring substituents is 1. The van der Waals surface area contributed by atoms with Crippen LogP contribution in [0.4, 0.5) is 5.69 Å². The minimum absolute atomic E-state index is 0.00314. The molecule has 20 heavy (non-hydrogen) atoms. The maximum atomic E-state index is 11.1. The second-order valence-electron chi connectivity index (χ2n) is 4.30. The second kappa shape index (κ2) is 5.76. The topological polar surface area (TPSA) is 93.3 Å². The highest BCUT2D eigenvalue weighted by Gasteiger charge is 2.20. The van der Waals surface area contributed by atoms with Gasteiger partial charge in [0.15, 0.2) is 0 Å². The van der Waals surface area contributed by atoms with Crippen LogP contribution < -0.4 is 0 Å². The molecule has 0 saturated carbocycles. The maximum absolute atomic E-state index is 11.1. The number of hydrogen-bond acceptors (Lipinski definition) is 6. The number of aromatic nitrogens is 1. The number of aryl methyl sites for hydroxylation is 1. The Bertz CT molecular complexity index is 683. The van der Waals surface area contributed by atoms with Crippen LogP contribution >= 0.6 is 23.1 Å². The molecule has 0 aliphatic rings. The van der Waals surface area contributed by atoms with Crippen LogP contribution in [0, 0.1) is 17.0 Å². The zero-order valence-corrected chi connectivity index (χ0v) is 12.5. The van der Waals surface area contributed by atoms with Crippen molar-refractivity contribution in [1.29, 1.82) is 0 Å². The van der Waals surface area contributed by atoms with Gasteiger partial charge in [0.2, 0.25) is 0 Å². The zero-order valence-electron chi connectivity index (χ0n) is 10.8. The van der Waals surface area contributed by atoms with Gasteiger partial charge in [-0.2, -0.15) is 0 Å². The summed E-state index contributed by atoms with van der Waals surface area (Å²) < 4.78 is 0.768. The lowest BCUT2D eigenvalue weighted by atomic mass is 10.3. The van der Waals surface area contributed by atoms with Crippen LogP contribution in [0.2, 0.25) is 0 Å². The molecule has 8 heteroatoms. The zero-order chi connectivity index (χ0) is 14.9. The average molecular weight is 312 g/mol. The molecule has 0 radical (unpaired) electrons. The molecule has 1 aromatic heterocycles. The van der Waals surface area contributed by atoms with Gasteiger partial charge in [0, 0.05) is 11.3 Å². The number of rotatable bonds is 5. The molecule has 0 spiro atoms. The molecule has 0 aliphatic heterocycles. The van der Waals surface area contributed by atoms with E-state index < -0.39 is 10.9 Å². The molecule has 0 bridgehead atoms. The number of carbonyl (C=O) groups is 1. The number of fused-ring (bicyclic) bond motifs is 1. The van der Waals surface area contributed by atoms with Gasteiger partial charge < -0.3 is 5.11 Å². The molecule has 1 heterocycles. The highest BCUT2D eigenvalue weighted by Crippen LogP contribution is 2.37. The number of carboxylic acids is 1. The molecule has 0 amide bonds. The molecule has 2 aromatic rings. The Morgan fingerprint density at radius 1 is 1.60 bits per heavy atom. The third kappa shape index (κ3) is 3.26. The van der Waals surface area contributed by atoms with E-state index in [1.54, 1.807) is 13.0 Å². The first kappa shape index (κ1) is 14.7. The fraction of sp³-hybridized carbons (Fsp3) is 0.333. The number of thiazole rings is 1. The Morgan fingerprint density at radius 2 is 2.30 bits per heavy atom. The van der Waals surface area contributed by atoms with E-state index in [2.05, 4.69) is 4.98 Å². The van der Waals surface area contributed by atoms with Crippen molar-refractivity contribution in [2.75, 3.05) is 0 Å². The lowest BCUT2D eigenvalue weighted by Crippen LogP contribution is -2.06. The number of thioether (sulfide) groups is 1. The van der Waals surface area contributed by atoms with E-state index in [-0.39, 0.29) is 17.4 Å². The minimum Gasteiger partial charge on any atom is -0.481 e. The van der Waals surface area contributed by atoms with E-state index in [9.17, 15) is 14.9 Å². The first-order valence-corrected chi connectivity index (χ1v) is 7.50. The first-order valence-electron chi connectivity index (χ1n) is 5.81. The lowest BCUT2D eigenvalue weighted by Gasteiger charge is -2.08. The van der Waals surface area contributed by atoms with Crippen molar-refractivity contribution in [3.05, 3.63) is 27.3 Å². The van der Waals surface area contributed by atoms with Crippen LogP contribution in [0.1, 0.15) is 18.4 Å². The van der Waals surface area contributed by atoms with Crippen LogP contribution in [0.3, 0.4) is 0 Å². The van der Waals surface area contributed by atoms with Gasteiger partial charge in [-0.05, 0) is 13.0 Å². The molecule has 1 N–H and O–H groups in total. The number of aliphatic carboxylic acids is 1. The molecule has 6 nitrogen and oxygen atoms in total. The summed E-state index contributed by atoms with van der Waals surface area (Å²) in [5, 5.41) is 20.5. The smallest absolute Gasteiger partial charge is 0.304 e. The summed E-state index contributed by atoms with van der Waals surface area (Å²) in [6.45, 7) is 3.58. The van der Waals surface area contributed by atoms with Gasteiger partial charge in [0.05, 0.1) is 31.5 Å². The number of hydrogen-bond donors (Lipinski definition) is 1. The molecular formula is C12H12N2O4S2. The quantitative estimate of drug-likeness (QED) is 0.516. The summed E-state index contributed by atoms with van der Waals surface area (Å²) in [5.74, 6) is -0.918. The first-order chi connectivity index (χ1) is 9.36. The normalized spacial score (nSPS) is 12.5. The molecule has 0 aliphatic carbocycles. The number of nitro groups is 1. The molecule has 1 unspecified atom stereocenters. The SMILES string of the molecule is Cc1nc2cc(SC(C)CC(=O)O)c([N+](=O)[O-])cc2s1. The van der Waals surface area contributed by atoms with Gasteiger partial charge in [0.25, 0.3) is 5.69 Å². The van der Waals surface area contributed by atoms with Crippen LogP contribution in [0.25, 0.3) is 10.2 Å². The van der Waals surface area contributed by atoms with E-state index in [1.807, 2.05) is 6.92 Å². The van der Waals surface area contributed by atoms with Crippen LogP contribution in [0.15, 0.2) is 17.0 Å². The highest BCUT2D eigenvalue weighted by molar-refractivity contribution is 8.00.